The number of nitrogen functional groups attached to an aromatic ring is 1. The SMILES string of the molecule is Nc1nc(C(F)F)ccc1CBr. The van der Waals surface area contributed by atoms with E-state index < -0.39 is 6.43 Å². The topological polar surface area (TPSA) is 38.9 Å². The van der Waals surface area contributed by atoms with Crippen LogP contribution in [-0.4, -0.2) is 4.98 Å². The first-order valence-electron chi connectivity index (χ1n) is 3.24. The molecular weight excluding hydrogens is 230 g/mol. The minimum atomic E-state index is -2.56. The Kier molecular flexibility index (Phi) is 2.97. The third-order valence-electron chi connectivity index (χ3n) is 1.40. The van der Waals surface area contributed by atoms with Crippen LogP contribution in [0.3, 0.4) is 0 Å². The van der Waals surface area contributed by atoms with Gasteiger partial charge in [0.2, 0.25) is 0 Å². The summed E-state index contributed by atoms with van der Waals surface area (Å²) in [5.41, 5.74) is 5.84. The van der Waals surface area contributed by atoms with Gasteiger partial charge in [0.05, 0.1) is 0 Å². The van der Waals surface area contributed by atoms with Gasteiger partial charge in [-0.1, -0.05) is 22.0 Å². The van der Waals surface area contributed by atoms with Crippen LogP contribution in [0.4, 0.5) is 14.6 Å². The molecule has 2 N–H and O–H groups in total. The highest BCUT2D eigenvalue weighted by molar-refractivity contribution is 9.08. The van der Waals surface area contributed by atoms with Crippen molar-refractivity contribution in [3.05, 3.63) is 23.4 Å². The van der Waals surface area contributed by atoms with E-state index >= 15 is 0 Å². The Labute approximate surface area is 76.9 Å². The number of anilines is 1. The number of nitrogens with zero attached hydrogens (tertiary/aromatic N) is 1. The highest BCUT2D eigenvalue weighted by Gasteiger charge is 2.09. The zero-order chi connectivity index (χ0) is 9.14. The summed E-state index contributed by atoms with van der Waals surface area (Å²) in [7, 11) is 0. The van der Waals surface area contributed by atoms with Crippen molar-refractivity contribution in [1.29, 1.82) is 0 Å². The molecule has 0 bridgehead atoms. The summed E-state index contributed by atoms with van der Waals surface area (Å²) in [6, 6.07) is 2.82. The summed E-state index contributed by atoms with van der Waals surface area (Å²) in [5, 5.41) is 0.523. The van der Waals surface area contributed by atoms with Crippen molar-refractivity contribution in [1.82, 2.24) is 4.98 Å². The fourth-order valence-electron chi connectivity index (χ4n) is 0.754. The molecule has 12 heavy (non-hydrogen) atoms. The van der Waals surface area contributed by atoms with Gasteiger partial charge in [0.1, 0.15) is 11.5 Å². The molecule has 1 aromatic rings. The van der Waals surface area contributed by atoms with Gasteiger partial charge in [0.15, 0.2) is 0 Å². The van der Waals surface area contributed by atoms with Crippen LogP contribution in [0.15, 0.2) is 12.1 Å². The van der Waals surface area contributed by atoms with Gasteiger partial charge >= 0.3 is 0 Å². The summed E-state index contributed by atoms with van der Waals surface area (Å²) in [6.45, 7) is 0. The van der Waals surface area contributed by atoms with Crippen molar-refractivity contribution in [3.8, 4) is 0 Å². The van der Waals surface area contributed by atoms with Crippen LogP contribution < -0.4 is 5.73 Å². The Morgan fingerprint density at radius 3 is 2.58 bits per heavy atom. The largest absolute Gasteiger partial charge is 0.383 e. The molecule has 1 heterocycles. The molecule has 0 aliphatic rings. The molecule has 0 saturated heterocycles. The summed E-state index contributed by atoms with van der Waals surface area (Å²) < 4.78 is 24.1. The molecule has 0 fully saturated rings. The van der Waals surface area contributed by atoms with Gasteiger partial charge in [-0.05, 0) is 6.07 Å². The maximum absolute atomic E-state index is 12.1. The molecule has 66 valence electrons. The Morgan fingerprint density at radius 2 is 2.17 bits per heavy atom. The fraction of sp³-hybridized carbons (Fsp3) is 0.286. The highest BCUT2D eigenvalue weighted by Crippen LogP contribution is 2.20. The first kappa shape index (κ1) is 9.38. The van der Waals surface area contributed by atoms with E-state index in [1.165, 1.54) is 6.07 Å². The van der Waals surface area contributed by atoms with Crippen molar-refractivity contribution < 1.29 is 8.78 Å². The molecule has 0 atom stereocenters. The van der Waals surface area contributed by atoms with E-state index in [0.29, 0.717) is 5.33 Å². The molecule has 2 nitrogen and oxygen atoms in total. The van der Waals surface area contributed by atoms with E-state index in [4.69, 9.17) is 5.73 Å². The first-order valence-corrected chi connectivity index (χ1v) is 4.36. The van der Waals surface area contributed by atoms with Gasteiger partial charge in [0, 0.05) is 10.9 Å². The van der Waals surface area contributed by atoms with Crippen LogP contribution in [0.1, 0.15) is 17.7 Å². The predicted molar refractivity (Wildman–Crippen MR) is 46.2 cm³/mol. The average molecular weight is 237 g/mol. The smallest absolute Gasteiger partial charge is 0.280 e. The monoisotopic (exact) mass is 236 g/mol. The number of nitrogens with two attached hydrogens (primary N) is 1. The maximum atomic E-state index is 12.1. The Hall–Kier alpha value is -0.710. The van der Waals surface area contributed by atoms with E-state index in [0.717, 1.165) is 5.56 Å². The Bertz CT molecular complexity index is 278. The molecule has 0 aliphatic carbocycles. The maximum Gasteiger partial charge on any atom is 0.280 e. The van der Waals surface area contributed by atoms with Gasteiger partial charge in [0.25, 0.3) is 6.43 Å². The molecule has 1 rings (SSSR count). The number of hydrogen-bond donors (Lipinski definition) is 1. The second-order valence-electron chi connectivity index (χ2n) is 2.21. The van der Waals surface area contributed by atoms with Crippen molar-refractivity contribution in [3.63, 3.8) is 0 Å². The third kappa shape index (κ3) is 1.91. The van der Waals surface area contributed by atoms with E-state index in [9.17, 15) is 8.78 Å². The molecule has 0 spiro atoms. The van der Waals surface area contributed by atoms with Crippen molar-refractivity contribution in [2.24, 2.45) is 0 Å². The highest BCUT2D eigenvalue weighted by atomic mass is 79.9. The third-order valence-corrected chi connectivity index (χ3v) is 2.01. The zero-order valence-electron chi connectivity index (χ0n) is 6.10. The molecule has 0 aliphatic heterocycles. The van der Waals surface area contributed by atoms with Crippen molar-refractivity contribution >= 4 is 21.7 Å². The normalized spacial score (nSPS) is 10.7. The average Bonchev–Trinajstić information content (AvgIpc) is 2.04. The lowest BCUT2D eigenvalue weighted by Crippen LogP contribution is -1.99. The van der Waals surface area contributed by atoms with Crippen LogP contribution in [0, 0.1) is 0 Å². The van der Waals surface area contributed by atoms with E-state index in [2.05, 4.69) is 20.9 Å². The summed E-state index contributed by atoms with van der Waals surface area (Å²) in [4.78, 5) is 3.54. The summed E-state index contributed by atoms with van der Waals surface area (Å²) in [6.07, 6.45) is -2.56. The van der Waals surface area contributed by atoms with Gasteiger partial charge in [-0.2, -0.15) is 0 Å². The lowest BCUT2D eigenvalue weighted by atomic mass is 10.2. The molecule has 0 aromatic carbocycles. The Morgan fingerprint density at radius 1 is 1.50 bits per heavy atom. The number of pyridine rings is 1. The van der Waals surface area contributed by atoms with Crippen LogP contribution >= 0.6 is 15.9 Å². The number of aromatic nitrogens is 1. The minimum Gasteiger partial charge on any atom is -0.383 e. The zero-order valence-corrected chi connectivity index (χ0v) is 7.68. The van der Waals surface area contributed by atoms with Gasteiger partial charge in [-0.3, -0.25) is 0 Å². The van der Waals surface area contributed by atoms with Crippen LogP contribution in [0.2, 0.25) is 0 Å². The first-order chi connectivity index (χ1) is 5.65. The lowest BCUT2D eigenvalue weighted by molar-refractivity contribution is 0.146. The van der Waals surface area contributed by atoms with Gasteiger partial charge in [-0.15, -0.1) is 0 Å². The van der Waals surface area contributed by atoms with Crippen LogP contribution in [0.5, 0.6) is 0 Å². The second-order valence-corrected chi connectivity index (χ2v) is 2.78. The summed E-state index contributed by atoms with van der Waals surface area (Å²) >= 11 is 3.16. The number of hydrogen-bond acceptors (Lipinski definition) is 2. The van der Waals surface area contributed by atoms with Crippen molar-refractivity contribution in [2.45, 2.75) is 11.8 Å². The minimum absolute atomic E-state index is 0.157. The standard InChI is InChI=1S/C7H7BrF2N2/c8-3-4-1-2-5(6(9)10)12-7(4)11/h1-2,6H,3H2,(H2,11,12). The van der Waals surface area contributed by atoms with Crippen LogP contribution in [0.25, 0.3) is 0 Å². The quantitative estimate of drug-likeness (QED) is 0.802. The molecule has 0 saturated carbocycles. The second kappa shape index (κ2) is 3.80. The van der Waals surface area contributed by atoms with E-state index in [1.807, 2.05) is 0 Å². The fourth-order valence-corrected chi connectivity index (χ4v) is 1.23. The number of alkyl halides is 3. The van der Waals surface area contributed by atoms with E-state index in [-0.39, 0.29) is 11.5 Å². The Balaban J connectivity index is 3.02. The molecular formula is C7H7BrF2N2. The number of halogens is 3. The number of rotatable bonds is 2. The molecule has 0 radical (unpaired) electrons. The molecule has 5 heteroatoms. The van der Waals surface area contributed by atoms with Gasteiger partial charge in [-0.25, -0.2) is 13.8 Å². The van der Waals surface area contributed by atoms with Crippen molar-refractivity contribution in [2.75, 3.05) is 5.73 Å². The van der Waals surface area contributed by atoms with Crippen LogP contribution in [-0.2, 0) is 5.33 Å². The molecule has 1 aromatic heterocycles. The van der Waals surface area contributed by atoms with Gasteiger partial charge < -0.3 is 5.73 Å². The molecule has 0 amide bonds. The lowest BCUT2D eigenvalue weighted by Gasteiger charge is -2.03. The molecule has 0 unspecified atom stereocenters. The van der Waals surface area contributed by atoms with E-state index in [1.54, 1.807) is 6.07 Å². The predicted octanol–water partition coefficient (Wildman–Crippen LogP) is 2.50. The summed E-state index contributed by atoms with van der Waals surface area (Å²) in [5.74, 6) is 0.157.